The van der Waals surface area contributed by atoms with E-state index in [9.17, 15) is 0 Å². The van der Waals surface area contributed by atoms with Crippen molar-refractivity contribution in [3.05, 3.63) is 231 Å². The lowest BCUT2D eigenvalue weighted by Crippen LogP contribution is -2.02. The maximum atomic E-state index is 5.23. The number of hydrogen-bond acceptors (Lipinski definition) is 3. The quantitative estimate of drug-likeness (QED) is 0.161. The van der Waals surface area contributed by atoms with Gasteiger partial charge >= 0.3 is 0 Å². The van der Waals surface area contributed by atoms with E-state index in [0.29, 0.717) is 17.5 Å². The lowest BCUT2D eigenvalue weighted by molar-refractivity contribution is 1.07. The second kappa shape index (κ2) is 14.9. The molecule has 0 spiro atoms. The van der Waals surface area contributed by atoms with Gasteiger partial charge in [0.1, 0.15) is 0 Å². The summed E-state index contributed by atoms with van der Waals surface area (Å²) in [6.45, 7) is 0. The van der Waals surface area contributed by atoms with Gasteiger partial charge in [-0.3, -0.25) is 0 Å². The van der Waals surface area contributed by atoms with E-state index in [4.69, 9.17) is 15.0 Å². The van der Waals surface area contributed by atoms with Crippen LogP contribution in [0, 0.1) is 0 Å². The zero-order chi connectivity index (χ0) is 42.8. The summed E-state index contributed by atoms with van der Waals surface area (Å²) >= 11 is 0. The molecule has 65 heavy (non-hydrogen) atoms. The fourth-order valence-corrected chi connectivity index (χ4v) is 9.66. The molecule has 9 aromatic carbocycles. The number of rotatable bonds is 7. The first-order valence-corrected chi connectivity index (χ1v) is 21.9. The lowest BCUT2D eigenvalue weighted by Gasteiger charge is -2.15. The summed E-state index contributed by atoms with van der Waals surface area (Å²) in [5.41, 5.74) is 13.9. The molecule has 13 aromatic rings. The highest BCUT2D eigenvalue weighted by atomic mass is 15.0. The number of aromatic nitrogens is 6. The van der Waals surface area contributed by atoms with E-state index in [1.54, 1.807) is 0 Å². The molecule has 13 rings (SSSR count). The smallest absolute Gasteiger partial charge is 0.164 e. The molecule has 0 saturated heterocycles. The number of hydrogen-bond donors (Lipinski definition) is 0. The Hall–Kier alpha value is -8.87. The molecule has 4 heterocycles. The molecule has 0 amide bonds. The van der Waals surface area contributed by atoms with E-state index in [2.05, 4.69) is 208 Å². The summed E-state index contributed by atoms with van der Waals surface area (Å²) in [7, 11) is 0. The molecule has 0 fully saturated rings. The van der Waals surface area contributed by atoms with Crippen molar-refractivity contribution in [1.29, 1.82) is 0 Å². The minimum absolute atomic E-state index is 0.603. The minimum atomic E-state index is 0.603. The maximum absolute atomic E-state index is 5.23. The van der Waals surface area contributed by atoms with Crippen LogP contribution in [-0.4, -0.2) is 28.7 Å². The highest BCUT2D eigenvalue weighted by Crippen LogP contribution is 2.42. The molecular weight excluding hydrogens is 793 g/mol. The third-order valence-corrected chi connectivity index (χ3v) is 12.7. The van der Waals surface area contributed by atoms with Crippen molar-refractivity contribution in [2.45, 2.75) is 0 Å². The van der Waals surface area contributed by atoms with E-state index in [1.165, 1.54) is 32.4 Å². The van der Waals surface area contributed by atoms with Crippen molar-refractivity contribution in [3.63, 3.8) is 0 Å². The Morgan fingerprint density at radius 3 is 1.35 bits per heavy atom. The van der Waals surface area contributed by atoms with Crippen LogP contribution in [0.3, 0.4) is 0 Å². The molecule has 6 heteroatoms. The highest BCUT2D eigenvalue weighted by Gasteiger charge is 2.22. The van der Waals surface area contributed by atoms with Gasteiger partial charge in [0, 0.05) is 66.9 Å². The summed E-state index contributed by atoms with van der Waals surface area (Å²) in [5, 5.41) is 5.92. The van der Waals surface area contributed by atoms with Crippen LogP contribution in [0.2, 0.25) is 0 Å². The van der Waals surface area contributed by atoms with E-state index in [1.807, 2.05) is 36.4 Å². The van der Waals surface area contributed by atoms with E-state index < -0.39 is 0 Å². The molecule has 0 unspecified atom stereocenters. The molecule has 0 bridgehead atoms. The third kappa shape index (κ3) is 6.15. The second-order valence-corrected chi connectivity index (χ2v) is 16.5. The monoisotopic (exact) mass is 830 g/mol. The van der Waals surface area contributed by atoms with Gasteiger partial charge in [-0.2, -0.15) is 0 Å². The van der Waals surface area contributed by atoms with Crippen LogP contribution in [0.25, 0.3) is 117 Å². The van der Waals surface area contributed by atoms with Crippen LogP contribution in [0.15, 0.2) is 231 Å². The molecule has 6 nitrogen and oxygen atoms in total. The first-order valence-electron chi connectivity index (χ1n) is 21.9. The van der Waals surface area contributed by atoms with Crippen LogP contribution in [-0.2, 0) is 0 Å². The second-order valence-electron chi connectivity index (χ2n) is 16.5. The zero-order valence-electron chi connectivity index (χ0n) is 35.1. The molecule has 0 radical (unpaired) electrons. The Morgan fingerprint density at radius 2 is 0.723 bits per heavy atom. The zero-order valence-corrected chi connectivity index (χ0v) is 35.1. The molecule has 0 aliphatic rings. The Kier molecular flexibility index (Phi) is 8.42. The van der Waals surface area contributed by atoms with Crippen molar-refractivity contribution < 1.29 is 0 Å². The van der Waals surface area contributed by atoms with Gasteiger partial charge in [0.05, 0.1) is 27.6 Å². The van der Waals surface area contributed by atoms with Crippen molar-refractivity contribution in [1.82, 2.24) is 28.7 Å². The fourth-order valence-electron chi connectivity index (χ4n) is 9.66. The Bertz CT molecular complexity index is 3850. The minimum Gasteiger partial charge on any atom is -0.316 e. The lowest BCUT2D eigenvalue weighted by atomic mass is 10.0. The van der Waals surface area contributed by atoms with Gasteiger partial charge in [-0.25, -0.2) is 15.0 Å². The predicted octanol–water partition coefficient (Wildman–Crippen LogP) is 14.7. The van der Waals surface area contributed by atoms with Crippen molar-refractivity contribution in [2.75, 3.05) is 0 Å². The van der Waals surface area contributed by atoms with E-state index >= 15 is 0 Å². The number of para-hydroxylation sites is 3. The van der Waals surface area contributed by atoms with Crippen molar-refractivity contribution >= 4 is 54.5 Å². The Morgan fingerprint density at radius 1 is 0.262 bits per heavy atom. The summed E-state index contributed by atoms with van der Waals surface area (Å²) in [6.07, 6.45) is 2.18. The predicted molar refractivity (Wildman–Crippen MR) is 267 cm³/mol. The van der Waals surface area contributed by atoms with Gasteiger partial charge in [0.15, 0.2) is 17.5 Å². The highest BCUT2D eigenvalue weighted by molar-refractivity contribution is 6.20. The fraction of sp³-hybridized carbons (Fsp3) is 0. The van der Waals surface area contributed by atoms with Crippen LogP contribution in [0.5, 0.6) is 0 Å². The average Bonchev–Trinajstić information content (AvgIpc) is 4.05. The Labute approximate surface area is 374 Å². The summed E-state index contributed by atoms with van der Waals surface area (Å²) in [4.78, 5) is 15.5. The molecule has 0 aliphatic carbocycles. The van der Waals surface area contributed by atoms with Crippen LogP contribution in [0.4, 0.5) is 0 Å². The van der Waals surface area contributed by atoms with Crippen molar-refractivity contribution in [3.8, 4) is 62.4 Å². The average molecular weight is 831 g/mol. The standard InChI is InChI=1S/C59H38N6/c1-6-18-39(19-7-1)43-32-44(59-61-57(40-20-8-2-9-21-40)60-58(62-59)41-22-10-3-11-23-41)34-47(33-43)65-55-36-50-48-28-16-17-29-52(48)64(46-26-14-5-15-27-46)54(50)37-51(55)49-35-42-30-31-63(53(42)38-56(49)65)45-24-12-4-13-25-45/h1-38H. The SMILES string of the molecule is c1ccc(-c2cc(-c3nc(-c4ccccc4)nc(-c4ccccc4)n3)cc(-n3c4cc5c6ccccc6n(-c6ccccc6)c5cc4c4cc5ccn(-c6ccccc6)c5cc43)c2)cc1. The molecular formula is C59H38N6. The van der Waals surface area contributed by atoms with Gasteiger partial charge in [-0.15, -0.1) is 0 Å². The van der Waals surface area contributed by atoms with Gasteiger partial charge in [0.25, 0.3) is 0 Å². The van der Waals surface area contributed by atoms with Crippen LogP contribution >= 0.6 is 0 Å². The Balaban J connectivity index is 1.14. The van der Waals surface area contributed by atoms with Gasteiger partial charge < -0.3 is 13.7 Å². The summed E-state index contributed by atoms with van der Waals surface area (Å²) in [5.74, 6) is 1.85. The first-order chi connectivity index (χ1) is 32.2. The van der Waals surface area contributed by atoms with Crippen LogP contribution in [0.1, 0.15) is 0 Å². The van der Waals surface area contributed by atoms with E-state index in [-0.39, 0.29) is 0 Å². The largest absolute Gasteiger partial charge is 0.316 e. The topological polar surface area (TPSA) is 53.5 Å². The van der Waals surface area contributed by atoms with Gasteiger partial charge in [-0.05, 0) is 90.0 Å². The molecule has 0 aliphatic heterocycles. The molecule has 0 atom stereocenters. The summed E-state index contributed by atoms with van der Waals surface area (Å²) < 4.78 is 7.14. The third-order valence-electron chi connectivity index (χ3n) is 12.7. The maximum Gasteiger partial charge on any atom is 0.164 e. The van der Waals surface area contributed by atoms with Gasteiger partial charge in [0.2, 0.25) is 0 Å². The van der Waals surface area contributed by atoms with Crippen molar-refractivity contribution in [2.24, 2.45) is 0 Å². The molecule has 304 valence electrons. The van der Waals surface area contributed by atoms with E-state index in [0.717, 1.165) is 66.9 Å². The number of nitrogens with zero attached hydrogens (tertiary/aromatic N) is 6. The number of benzene rings is 9. The number of fused-ring (bicyclic) bond motifs is 7. The molecule has 0 saturated carbocycles. The van der Waals surface area contributed by atoms with Crippen LogP contribution < -0.4 is 0 Å². The first kappa shape index (κ1) is 36.8. The molecule has 4 aromatic heterocycles. The normalized spacial score (nSPS) is 11.7. The summed E-state index contributed by atoms with van der Waals surface area (Å²) in [6, 6.07) is 79.5. The molecule has 0 N–H and O–H groups in total. The van der Waals surface area contributed by atoms with Gasteiger partial charge in [-0.1, -0.05) is 146 Å².